The highest BCUT2D eigenvalue weighted by atomic mass is 16.7. The SMILES string of the molecule is C=C(CCC)CC(=C)CCCCCCCCCCC1(N[C@@H](COC2OC(CO)C(O)C(O)C2O)C[C@H](O)CCCCCCCCCCCCCC)COC1. The van der Waals surface area contributed by atoms with Gasteiger partial charge in [0, 0.05) is 6.04 Å². The Labute approximate surface area is 330 Å². The van der Waals surface area contributed by atoms with Crippen LogP contribution in [0.1, 0.15) is 187 Å². The molecule has 54 heavy (non-hydrogen) atoms. The van der Waals surface area contributed by atoms with Gasteiger partial charge in [-0.2, -0.15) is 0 Å². The first-order valence-corrected chi connectivity index (χ1v) is 22.4. The molecular weight excluding hydrogens is 682 g/mol. The Morgan fingerprint density at radius 1 is 0.704 bits per heavy atom. The molecule has 318 valence electrons. The standard InChI is InChI=1S/C45H85NO8/c1-5-7-8-9-10-11-12-13-14-18-21-24-28-39(48)31-38(33-53-44-43(51)42(50)41(49)40(32-47)54-44)46-45(34-52-35-45)29-25-22-19-16-15-17-20-23-27-37(4)30-36(3)26-6-2/h38-44,46-51H,3-35H2,1-2H3/t38-,39-,40?,41?,42?,43?,44?/m1/s1. The van der Waals surface area contributed by atoms with Gasteiger partial charge in [0.05, 0.1) is 38.1 Å². The van der Waals surface area contributed by atoms with Crippen molar-refractivity contribution >= 4 is 0 Å². The highest BCUT2D eigenvalue weighted by Crippen LogP contribution is 2.28. The minimum absolute atomic E-state index is 0.140. The number of hydrogen-bond acceptors (Lipinski definition) is 9. The van der Waals surface area contributed by atoms with Gasteiger partial charge in [-0.15, -0.1) is 0 Å². The lowest BCUT2D eigenvalue weighted by Gasteiger charge is -2.46. The number of rotatable bonds is 36. The van der Waals surface area contributed by atoms with Crippen molar-refractivity contribution in [3.8, 4) is 0 Å². The van der Waals surface area contributed by atoms with Crippen LogP contribution in [0, 0.1) is 0 Å². The summed E-state index contributed by atoms with van der Waals surface area (Å²) in [4.78, 5) is 0. The first kappa shape index (κ1) is 49.3. The Balaban J connectivity index is 1.75. The average Bonchev–Trinajstić information content (AvgIpc) is 3.13. The van der Waals surface area contributed by atoms with Crippen molar-refractivity contribution in [1.29, 1.82) is 0 Å². The Morgan fingerprint density at radius 3 is 1.78 bits per heavy atom. The summed E-state index contributed by atoms with van der Waals surface area (Å²) in [6.45, 7) is 13.7. The number of aliphatic hydroxyl groups excluding tert-OH is 5. The molecular formula is C45H85NO8. The maximum Gasteiger partial charge on any atom is 0.186 e. The molecule has 0 spiro atoms. The number of nitrogens with one attached hydrogen (secondary N) is 1. The molecule has 0 aliphatic carbocycles. The van der Waals surface area contributed by atoms with Crippen molar-refractivity contribution in [2.45, 2.75) is 236 Å². The second kappa shape index (κ2) is 30.2. The third-order valence-electron chi connectivity index (χ3n) is 11.6. The van der Waals surface area contributed by atoms with E-state index in [0.717, 1.165) is 57.8 Å². The number of unbranched alkanes of at least 4 members (excludes halogenated alkanes) is 18. The predicted molar refractivity (Wildman–Crippen MR) is 220 cm³/mol. The predicted octanol–water partition coefficient (Wildman–Crippen LogP) is 8.58. The minimum atomic E-state index is -1.49. The van der Waals surface area contributed by atoms with Crippen LogP contribution in [-0.4, -0.2) is 100 Å². The van der Waals surface area contributed by atoms with Crippen LogP contribution < -0.4 is 5.32 Å². The maximum absolute atomic E-state index is 11.1. The summed E-state index contributed by atoms with van der Waals surface area (Å²) in [6, 6.07) is -0.227. The monoisotopic (exact) mass is 768 g/mol. The summed E-state index contributed by atoms with van der Waals surface area (Å²) in [5.41, 5.74) is 2.45. The Morgan fingerprint density at radius 2 is 1.24 bits per heavy atom. The fraction of sp³-hybridized carbons (Fsp3) is 0.911. The van der Waals surface area contributed by atoms with E-state index in [1.807, 2.05) is 0 Å². The van der Waals surface area contributed by atoms with Crippen LogP contribution in [-0.2, 0) is 14.2 Å². The summed E-state index contributed by atoms with van der Waals surface area (Å²) in [5, 5.41) is 55.6. The molecule has 0 saturated carbocycles. The van der Waals surface area contributed by atoms with Gasteiger partial charge >= 0.3 is 0 Å². The fourth-order valence-corrected chi connectivity index (χ4v) is 8.12. The molecule has 6 N–H and O–H groups in total. The van der Waals surface area contributed by atoms with Crippen molar-refractivity contribution < 1.29 is 39.7 Å². The van der Waals surface area contributed by atoms with Crippen LogP contribution in [0.25, 0.3) is 0 Å². The highest BCUT2D eigenvalue weighted by molar-refractivity contribution is 5.09. The van der Waals surface area contributed by atoms with Gasteiger partial charge in [-0.25, -0.2) is 0 Å². The Bertz CT molecular complexity index is 943. The number of aliphatic hydroxyl groups is 5. The molecule has 0 amide bonds. The third-order valence-corrected chi connectivity index (χ3v) is 11.6. The summed E-state index contributed by atoms with van der Waals surface area (Å²) < 4.78 is 17.3. The molecule has 0 aromatic carbocycles. The van der Waals surface area contributed by atoms with E-state index in [9.17, 15) is 25.5 Å². The van der Waals surface area contributed by atoms with Crippen LogP contribution in [0.15, 0.2) is 24.3 Å². The zero-order valence-corrected chi connectivity index (χ0v) is 34.8. The Hall–Kier alpha value is -0.880. The van der Waals surface area contributed by atoms with Crippen molar-refractivity contribution in [2.24, 2.45) is 0 Å². The van der Waals surface area contributed by atoms with Crippen LogP contribution in [0.2, 0.25) is 0 Å². The van der Waals surface area contributed by atoms with Gasteiger partial charge in [-0.1, -0.05) is 167 Å². The fourth-order valence-electron chi connectivity index (χ4n) is 8.12. The van der Waals surface area contributed by atoms with E-state index in [0.29, 0.717) is 19.6 Å². The van der Waals surface area contributed by atoms with E-state index >= 15 is 0 Å². The second-order valence-electron chi connectivity index (χ2n) is 17.0. The lowest BCUT2D eigenvalue weighted by Crippen LogP contribution is -2.64. The summed E-state index contributed by atoms with van der Waals surface area (Å²) >= 11 is 0. The van der Waals surface area contributed by atoms with Gasteiger partial charge in [-0.05, 0) is 44.9 Å². The molecule has 2 aliphatic heterocycles. The first-order chi connectivity index (χ1) is 26.1. The van der Waals surface area contributed by atoms with Crippen molar-refractivity contribution in [3.63, 3.8) is 0 Å². The summed E-state index contributed by atoms with van der Waals surface area (Å²) in [7, 11) is 0. The molecule has 5 unspecified atom stereocenters. The minimum Gasteiger partial charge on any atom is -0.394 e. The van der Waals surface area contributed by atoms with Gasteiger partial charge in [0.25, 0.3) is 0 Å². The van der Waals surface area contributed by atoms with Crippen LogP contribution in [0.5, 0.6) is 0 Å². The van der Waals surface area contributed by atoms with Crippen LogP contribution >= 0.6 is 0 Å². The van der Waals surface area contributed by atoms with Gasteiger partial charge in [0.1, 0.15) is 24.4 Å². The van der Waals surface area contributed by atoms with Crippen molar-refractivity contribution in [1.82, 2.24) is 5.32 Å². The van der Waals surface area contributed by atoms with Crippen molar-refractivity contribution in [3.05, 3.63) is 24.3 Å². The molecule has 9 heteroatoms. The molecule has 9 nitrogen and oxygen atoms in total. The van der Waals surface area contributed by atoms with E-state index < -0.39 is 43.4 Å². The lowest BCUT2D eigenvalue weighted by molar-refractivity contribution is -0.302. The maximum atomic E-state index is 11.1. The molecule has 0 radical (unpaired) electrons. The smallest absolute Gasteiger partial charge is 0.186 e. The van der Waals surface area contributed by atoms with E-state index in [-0.39, 0.29) is 18.2 Å². The van der Waals surface area contributed by atoms with Crippen LogP contribution in [0.3, 0.4) is 0 Å². The number of hydrogen-bond donors (Lipinski definition) is 6. The van der Waals surface area contributed by atoms with E-state index in [4.69, 9.17) is 14.2 Å². The quantitative estimate of drug-likeness (QED) is 0.0273. The molecule has 0 bridgehead atoms. The summed E-state index contributed by atoms with van der Waals surface area (Å²) in [6.07, 6.45) is 24.6. The Kier molecular flexibility index (Phi) is 27.6. The molecule has 2 aliphatic rings. The molecule has 0 aromatic rings. The first-order valence-electron chi connectivity index (χ1n) is 22.4. The van der Waals surface area contributed by atoms with Crippen molar-refractivity contribution in [2.75, 3.05) is 26.4 Å². The number of ether oxygens (including phenoxy) is 3. The zero-order chi connectivity index (χ0) is 39.4. The molecule has 2 saturated heterocycles. The lowest BCUT2D eigenvalue weighted by atomic mass is 9.88. The molecule has 0 aromatic heterocycles. The second-order valence-corrected chi connectivity index (χ2v) is 17.0. The largest absolute Gasteiger partial charge is 0.394 e. The third kappa shape index (κ3) is 21.0. The average molecular weight is 768 g/mol. The van der Waals surface area contributed by atoms with Gasteiger partial charge in [-0.3, -0.25) is 0 Å². The molecule has 2 heterocycles. The van der Waals surface area contributed by atoms with Gasteiger partial charge < -0.3 is 45.1 Å². The normalized spacial score (nSPS) is 23.6. The topological polar surface area (TPSA) is 141 Å². The zero-order valence-electron chi connectivity index (χ0n) is 34.8. The van der Waals surface area contributed by atoms with Gasteiger partial charge in [0.15, 0.2) is 6.29 Å². The molecule has 2 rings (SSSR count). The highest BCUT2D eigenvalue weighted by Gasteiger charge is 2.45. The number of allylic oxidation sites excluding steroid dienone is 2. The molecule has 7 atom stereocenters. The van der Waals surface area contributed by atoms with Gasteiger partial charge in [0.2, 0.25) is 0 Å². The van der Waals surface area contributed by atoms with Crippen LogP contribution in [0.4, 0.5) is 0 Å². The molecule has 2 fully saturated rings. The van der Waals surface area contributed by atoms with E-state index in [2.05, 4.69) is 32.3 Å². The van der Waals surface area contributed by atoms with E-state index in [1.165, 1.54) is 120 Å². The summed E-state index contributed by atoms with van der Waals surface area (Å²) in [5.74, 6) is 0. The van der Waals surface area contributed by atoms with E-state index in [1.54, 1.807) is 0 Å².